The molecule has 0 radical (unpaired) electrons. The monoisotopic (exact) mass is 198 g/mol. The van der Waals surface area contributed by atoms with Gasteiger partial charge in [0.25, 0.3) is 0 Å². The third-order valence-corrected chi connectivity index (χ3v) is 4.15. The van der Waals surface area contributed by atoms with Gasteiger partial charge in [-0.2, -0.15) is 0 Å². The van der Waals surface area contributed by atoms with Crippen LogP contribution in [0.3, 0.4) is 0 Å². The predicted octanol–water partition coefficient (Wildman–Crippen LogP) is 2.35. The quantitative estimate of drug-likeness (QED) is 0.701. The first-order valence-corrected chi connectivity index (χ1v) is 5.96. The third-order valence-electron chi connectivity index (χ3n) is 4.15. The Bertz CT molecular complexity index is 194. The molecule has 82 valence electrons. The average molecular weight is 198 g/mol. The first-order chi connectivity index (χ1) is 6.64. The van der Waals surface area contributed by atoms with Crippen molar-refractivity contribution in [2.45, 2.75) is 57.7 Å². The number of aliphatic hydroxyl groups is 1. The van der Waals surface area contributed by atoms with Gasteiger partial charge in [0.2, 0.25) is 0 Å². The zero-order valence-corrected chi connectivity index (χ0v) is 9.33. The molecule has 2 fully saturated rings. The Morgan fingerprint density at radius 1 is 1.36 bits per heavy atom. The van der Waals surface area contributed by atoms with E-state index in [-0.39, 0.29) is 11.7 Å². The molecule has 0 aromatic carbocycles. The van der Waals surface area contributed by atoms with Gasteiger partial charge in [-0.05, 0) is 43.9 Å². The fraction of sp³-hybridized carbons (Fsp3) is 1.00. The maximum Gasteiger partial charge on any atom is 0.0941 e. The smallest absolute Gasteiger partial charge is 0.0941 e. The van der Waals surface area contributed by atoms with Crippen LogP contribution in [0, 0.1) is 11.8 Å². The summed E-state index contributed by atoms with van der Waals surface area (Å²) in [7, 11) is 0. The van der Waals surface area contributed by atoms with E-state index >= 15 is 0 Å². The van der Waals surface area contributed by atoms with Crippen LogP contribution in [0.1, 0.15) is 46.0 Å². The maximum atomic E-state index is 10.2. The van der Waals surface area contributed by atoms with Crippen molar-refractivity contribution in [1.29, 1.82) is 0 Å². The second-order valence-electron chi connectivity index (χ2n) is 5.31. The molecule has 2 nitrogen and oxygen atoms in total. The van der Waals surface area contributed by atoms with E-state index in [0.717, 1.165) is 32.3 Å². The van der Waals surface area contributed by atoms with E-state index in [1.807, 2.05) is 0 Å². The highest BCUT2D eigenvalue weighted by Gasteiger charge is 2.46. The van der Waals surface area contributed by atoms with E-state index in [2.05, 4.69) is 13.8 Å². The average Bonchev–Trinajstić information content (AvgIpc) is 2.59. The number of rotatable bonds is 1. The number of aliphatic hydroxyl groups excluding tert-OH is 1. The Morgan fingerprint density at radius 3 is 2.64 bits per heavy atom. The van der Waals surface area contributed by atoms with Crippen LogP contribution in [0.2, 0.25) is 0 Å². The molecule has 2 heteroatoms. The second-order valence-corrected chi connectivity index (χ2v) is 5.31. The molecule has 1 N–H and O–H groups in total. The van der Waals surface area contributed by atoms with Gasteiger partial charge in [-0.1, -0.05) is 13.8 Å². The molecule has 0 bridgehead atoms. The Balaban J connectivity index is 1.99. The van der Waals surface area contributed by atoms with Crippen LogP contribution in [0.5, 0.6) is 0 Å². The second kappa shape index (κ2) is 3.82. The van der Waals surface area contributed by atoms with Gasteiger partial charge < -0.3 is 9.84 Å². The first-order valence-electron chi connectivity index (χ1n) is 5.96. The number of ether oxygens (including phenoxy) is 1. The van der Waals surface area contributed by atoms with Gasteiger partial charge in [0.05, 0.1) is 11.7 Å². The van der Waals surface area contributed by atoms with Gasteiger partial charge in [-0.25, -0.2) is 0 Å². The fourth-order valence-corrected chi connectivity index (χ4v) is 3.00. The largest absolute Gasteiger partial charge is 0.390 e. The van der Waals surface area contributed by atoms with Crippen LogP contribution in [-0.4, -0.2) is 23.4 Å². The summed E-state index contributed by atoms with van der Waals surface area (Å²) in [5.74, 6) is 1.39. The summed E-state index contributed by atoms with van der Waals surface area (Å²) in [6.45, 7) is 5.36. The van der Waals surface area contributed by atoms with Gasteiger partial charge >= 0.3 is 0 Å². The summed E-state index contributed by atoms with van der Waals surface area (Å²) >= 11 is 0. The normalized spacial score (nSPS) is 43.7. The third kappa shape index (κ3) is 1.70. The lowest BCUT2D eigenvalue weighted by Gasteiger charge is -2.42. The molecular weight excluding hydrogens is 176 g/mol. The lowest BCUT2D eigenvalue weighted by Crippen LogP contribution is -2.47. The van der Waals surface area contributed by atoms with Crippen molar-refractivity contribution in [3.63, 3.8) is 0 Å². The van der Waals surface area contributed by atoms with Gasteiger partial charge in [0.1, 0.15) is 0 Å². The highest BCUT2D eigenvalue weighted by Crippen LogP contribution is 2.43. The van der Waals surface area contributed by atoms with Gasteiger partial charge in [-0.3, -0.25) is 0 Å². The zero-order chi connectivity index (χ0) is 10.2. The Morgan fingerprint density at radius 2 is 2.14 bits per heavy atom. The molecular formula is C12H22O2. The van der Waals surface area contributed by atoms with Crippen LogP contribution in [-0.2, 0) is 4.74 Å². The summed E-state index contributed by atoms with van der Waals surface area (Å²) < 4.78 is 5.77. The molecule has 3 atom stereocenters. The first kappa shape index (κ1) is 10.4. The fourth-order valence-electron chi connectivity index (χ4n) is 3.00. The van der Waals surface area contributed by atoms with Crippen molar-refractivity contribution >= 4 is 0 Å². The molecule has 1 spiro atoms. The minimum Gasteiger partial charge on any atom is -0.390 e. The summed E-state index contributed by atoms with van der Waals surface area (Å²) in [4.78, 5) is 0. The molecule has 0 aromatic rings. The molecule has 2 rings (SSSR count). The Kier molecular flexibility index (Phi) is 2.85. The van der Waals surface area contributed by atoms with E-state index in [1.54, 1.807) is 0 Å². The van der Waals surface area contributed by atoms with E-state index in [0.29, 0.717) is 11.8 Å². The minimum absolute atomic E-state index is 0.147. The van der Waals surface area contributed by atoms with E-state index in [4.69, 9.17) is 4.74 Å². The Labute approximate surface area is 86.6 Å². The molecule has 1 aliphatic heterocycles. The topological polar surface area (TPSA) is 29.5 Å². The Hall–Kier alpha value is -0.0800. The van der Waals surface area contributed by atoms with E-state index in [1.165, 1.54) is 6.42 Å². The molecule has 0 aromatic heterocycles. The highest BCUT2D eigenvalue weighted by molar-refractivity contribution is 4.97. The number of hydrogen-bond donors (Lipinski definition) is 1. The van der Waals surface area contributed by atoms with Crippen LogP contribution in [0.25, 0.3) is 0 Å². The molecule has 1 saturated carbocycles. The van der Waals surface area contributed by atoms with Crippen LogP contribution < -0.4 is 0 Å². The van der Waals surface area contributed by atoms with Crippen LogP contribution in [0.4, 0.5) is 0 Å². The van der Waals surface area contributed by atoms with E-state index < -0.39 is 0 Å². The molecule has 1 saturated heterocycles. The number of hydrogen-bond acceptors (Lipinski definition) is 2. The lowest BCUT2D eigenvalue weighted by atomic mass is 9.72. The van der Waals surface area contributed by atoms with Gasteiger partial charge in [-0.15, -0.1) is 0 Å². The summed E-state index contributed by atoms with van der Waals surface area (Å²) in [5.41, 5.74) is -0.147. The molecule has 1 heterocycles. The standard InChI is InChI=1S/C12H22O2/c1-9(2)10-4-6-12(11(13)8-10)5-3-7-14-12/h9-11,13H,3-8H2,1-2H3. The minimum atomic E-state index is -0.217. The molecule has 3 unspecified atom stereocenters. The van der Waals surface area contributed by atoms with Crippen molar-refractivity contribution in [3.05, 3.63) is 0 Å². The van der Waals surface area contributed by atoms with Crippen molar-refractivity contribution < 1.29 is 9.84 Å². The highest BCUT2D eigenvalue weighted by atomic mass is 16.5. The van der Waals surface area contributed by atoms with Gasteiger partial charge in [0, 0.05) is 6.61 Å². The van der Waals surface area contributed by atoms with Crippen LogP contribution >= 0.6 is 0 Å². The van der Waals surface area contributed by atoms with Crippen molar-refractivity contribution in [2.75, 3.05) is 6.61 Å². The van der Waals surface area contributed by atoms with Crippen molar-refractivity contribution in [1.82, 2.24) is 0 Å². The predicted molar refractivity (Wildman–Crippen MR) is 56.1 cm³/mol. The lowest BCUT2D eigenvalue weighted by molar-refractivity contribution is -0.126. The van der Waals surface area contributed by atoms with Gasteiger partial charge in [0.15, 0.2) is 0 Å². The van der Waals surface area contributed by atoms with Crippen LogP contribution in [0.15, 0.2) is 0 Å². The molecule has 1 aliphatic carbocycles. The molecule has 14 heavy (non-hydrogen) atoms. The van der Waals surface area contributed by atoms with Crippen molar-refractivity contribution in [3.8, 4) is 0 Å². The zero-order valence-electron chi connectivity index (χ0n) is 9.33. The summed E-state index contributed by atoms with van der Waals surface area (Å²) in [6, 6.07) is 0. The molecule has 2 aliphatic rings. The summed E-state index contributed by atoms with van der Waals surface area (Å²) in [5, 5.41) is 10.2. The maximum absolute atomic E-state index is 10.2. The SMILES string of the molecule is CC(C)C1CCC2(CCCO2)C(O)C1. The van der Waals surface area contributed by atoms with E-state index in [9.17, 15) is 5.11 Å². The molecule has 0 amide bonds. The summed E-state index contributed by atoms with van der Waals surface area (Å²) in [6.07, 6.45) is 5.22. The van der Waals surface area contributed by atoms with Crippen molar-refractivity contribution in [2.24, 2.45) is 11.8 Å².